The number of allylic oxidation sites excluding steroid dienone is 10. The van der Waals surface area contributed by atoms with Crippen molar-refractivity contribution in [1.82, 2.24) is 0 Å². The molecule has 0 amide bonds. The van der Waals surface area contributed by atoms with Crippen molar-refractivity contribution in [3.8, 4) is 0 Å². The summed E-state index contributed by atoms with van der Waals surface area (Å²) < 4.78 is 32.8. The molecule has 0 aromatic rings. The van der Waals surface area contributed by atoms with Crippen molar-refractivity contribution in [1.29, 1.82) is 0 Å². The number of carbonyl (C=O) groups is 2. The van der Waals surface area contributed by atoms with Crippen molar-refractivity contribution >= 4 is 19.8 Å². The van der Waals surface area contributed by atoms with E-state index in [1.807, 2.05) is 0 Å². The minimum atomic E-state index is -4.39. The number of ether oxygens (including phenoxy) is 2. The summed E-state index contributed by atoms with van der Waals surface area (Å²) in [6.45, 7) is 3.59. The van der Waals surface area contributed by atoms with E-state index >= 15 is 0 Å². The van der Waals surface area contributed by atoms with Crippen LogP contribution >= 0.6 is 7.82 Å². The summed E-state index contributed by atoms with van der Waals surface area (Å²) in [5.41, 5.74) is 5.35. The zero-order chi connectivity index (χ0) is 41.8. The van der Waals surface area contributed by atoms with Crippen LogP contribution in [-0.4, -0.2) is 49.3 Å². The summed E-state index contributed by atoms with van der Waals surface area (Å²) in [4.78, 5) is 34.9. The summed E-state index contributed by atoms with van der Waals surface area (Å²) in [5.74, 6) is -0.864. The highest BCUT2D eigenvalue weighted by molar-refractivity contribution is 7.47. The number of hydrogen-bond acceptors (Lipinski definition) is 8. The number of phosphoric acid groups is 1. The molecular formula is C47H84NO8P. The molecule has 0 aromatic heterocycles. The first-order chi connectivity index (χ1) is 27.8. The van der Waals surface area contributed by atoms with Gasteiger partial charge >= 0.3 is 19.8 Å². The van der Waals surface area contributed by atoms with Gasteiger partial charge in [0.15, 0.2) is 6.10 Å². The molecule has 0 aliphatic heterocycles. The zero-order valence-corrected chi connectivity index (χ0v) is 37.2. The molecule has 330 valence electrons. The lowest BCUT2D eigenvalue weighted by atomic mass is 10.0. The van der Waals surface area contributed by atoms with Crippen LogP contribution in [-0.2, 0) is 32.7 Å². The van der Waals surface area contributed by atoms with Gasteiger partial charge in [-0.1, -0.05) is 184 Å². The lowest BCUT2D eigenvalue weighted by Crippen LogP contribution is -2.29. The number of carbonyl (C=O) groups excluding carboxylic acids is 2. The van der Waals surface area contributed by atoms with Crippen LogP contribution in [0.1, 0.15) is 194 Å². The van der Waals surface area contributed by atoms with Gasteiger partial charge in [0.1, 0.15) is 6.61 Å². The van der Waals surface area contributed by atoms with E-state index in [1.54, 1.807) is 0 Å². The second kappa shape index (κ2) is 43.3. The van der Waals surface area contributed by atoms with Crippen molar-refractivity contribution in [2.45, 2.75) is 200 Å². The first-order valence-electron chi connectivity index (χ1n) is 22.8. The average molecular weight is 822 g/mol. The number of hydrogen-bond donors (Lipinski definition) is 2. The summed E-state index contributed by atoms with van der Waals surface area (Å²) in [6, 6.07) is 0. The fourth-order valence-electron chi connectivity index (χ4n) is 6.07. The molecule has 10 heteroatoms. The molecule has 0 fully saturated rings. The van der Waals surface area contributed by atoms with Gasteiger partial charge in [-0.2, -0.15) is 0 Å². The number of rotatable bonds is 42. The Kier molecular flexibility index (Phi) is 41.6. The van der Waals surface area contributed by atoms with Crippen LogP contribution in [0.4, 0.5) is 0 Å². The molecule has 0 rings (SSSR count). The lowest BCUT2D eigenvalue weighted by Gasteiger charge is -2.19. The number of unbranched alkanes of at least 4 members (excludes halogenated alkanes) is 19. The first-order valence-corrected chi connectivity index (χ1v) is 24.3. The predicted molar refractivity (Wildman–Crippen MR) is 238 cm³/mol. The molecule has 0 spiro atoms. The molecule has 0 saturated heterocycles. The average Bonchev–Trinajstić information content (AvgIpc) is 3.20. The number of nitrogens with two attached hydrogens (primary N) is 1. The van der Waals surface area contributed by atoms with Gasteiger partial charge in [-0.25, -0.2) is 4.57 Å². The van der Waals surface area contributed by atoms with E-state index in [0.717, 1.165) is 70.6 Å². The van der Waals surface area contributed by atoms with Crippen molar-refractivity contribution < 1.29 is 37.6 Å². The van der Waals surface area contributed by atoms with Gasteiger partial charge in [-0.05, 0) is 57.8 Å². The third kappa shape index (κ3) is 43.1. The lowest BCUT2D eigenvalue weighted by molar-refractivity contribution is -0.161. The van der Waals surface area contributed by atoms with Crippen LogP contribution in [0.2, 0.25) is 0 Å². The molecule has 0 radical (unpaired) electrons. The van der Waals surface area contributed by atoms with Crippen LogP contribution in [0.25, 0.3) is 0 Å². The van der Waals surface area contributed by atoms with E-state index in [2.05, 4.69) is 74.6 Å². The van der Waals surface area contributed by atoms with Crippen molar-refractivity contribution in [3.63, 3.8) is 0 Å². The molecule has 0 aromatic carbocycles. The standard InChI is InChI=1S/C47H84NO8P/c1-3-5-7-9-11-13-15-17-19-21-22-24-26-28-30-32-34-36-38-40-47(50)56-45(44-55-57(51,52)54-42-41-48)43-53-46(49)39-37-35-33-31-29-27-25-23-20-18-16-14-12-10-8-6-4-2/h5,7,11,13,17,19,22,24,28,30,45H,3-4,6,8-10,12,14-16,18,20-21,23,25-27,29,31-44,48H2,1-2H3,(H,51,52). The highest BCUT2D eigenvalue weighted by Gasteiger charge is 2.26. The smallest absolute Gasteiger partial charge is 0.462 e. The van der Waals surface area contributed by atoms with Gasteiger partial charge in [0.2, 0.25) is 0 Å². The minimum absolute atomic E-state index is 0.0460. The Morgan fingerprint density at radius 1 is 0.544 bits per heavy atom. The van der Waals surface area contributed by atoms with E-state index in [1.165, 1.54) is 89.9 Å². The minimum Gasteiger partial charge on any atom is -0.462 e. The van der Waals surface area contributed by atoms with Gasteiger partial charge in [-0.3, -0.25) is 18.6 Å². The Morgan fingerprint density at radius 3 is 1.44 bits per heavy atom. The molecule has 0 aliphatic carbocycles. The third-order valence-electron chi connectivity index (χ3n) is 9.42. The van der Waals surface area contributed by atoms with Crippen LogP contribution < -0.4 is 5.73 Å². The molecule has 3 N–H and O–H groups in total. The topological polar surface area (TPSA) is 134 Å². The zero-order valence-electron chi connectivity index (χ0n) is 36.3. The Labute approximate surface area is 349 Å². The molecule has 0 bridgehead atoms. The maximum atomic E-state index is 12.6. The van der Waals surface area contributed by atoms with E-state index in [9.17, 15) is 19.0 Å². The van der Waals surface area contributed by atoms with Gasteiger partial charge in [-0.15, -0.1) is 0 Å². The highest BCUT2D eigenvalue weighted by Crippen LogP contribution is 2.43. The van der Waals surface area contributed by atoms with Crippen LogP contribution in [0.15, 0.2) is 60.8 Å². The molecule has 2 unspecified atom stereocenters. The quantitative estimate of drug-likeness (QED) is 0.0267. The van der Waals surface area contributed by atoms with Gasteiger partial charge in [0.25, 0.3) is 0 Å². The van der Waals surface area contributed by atoms with Gasteiger partial charge in [0, 0.05) is 19.4 Å². The Hall–Kier alpha value is -2.29. The van der Waals surface area contributed by atoms with Crippen LogP contribution in [0.5, 0.6) is 0 Å². The van der Waals surface area contributed by atoms with E-state index in [4.69, 9.17) is 24.3 Å². The monoisotopic (exact) mass is 822 g/mol. The summed E-state index contributed by atoms with van der Waals surface area (Å²) in [5, 5.41) is 0. The Balaban J connectivity index is 4.19. The van der Waals surface area contributed by atoms with E-state index in [0.29, 0.717) is 6.42 Å². The van der Waals surface area contributed by atoms with Crippen LogP contribution in [0.3, 0.4) is 0 Å². The molecular weight excluding hydrogens is 737 g/mol. The summed E-state index contributed by atoms with van der Waals surface area (Å²) in [6.07, 6.45) is 51.1. The molecule has 2 atom stereocenters. The molecule has 0 saturated carbocycles. The Morgan fingerprint density at radius 2 is 0.965 bits per heavy atom. The molecule has 57 heavy (non-hydrogen) atoms. The van der Waals surface area contributed by atoms with Crippen molar-refractivity contribution in [2.75, 3.05) is 26.4 Å². The molecule has 0 heterocycles. The van der Waals surface area contributed by atoms with E-state index in [-0.39, 0.29) is 32.6 Å². The van der Waals surface area contributed by atoms with Gasteiger partial charge in [0.05, 0.1) is 13.2 Å². The highest BCUT2D eigenvalue weighted by atomic mass is 31.2. The van der Waals surface area contributed by atoms with Crippen molar-refractivity contribution in [2.24, 2.45) is 5.73 Å². The fourth-order valence-corrected chi connectivity index (χ4v) is 6.84. The van der Waals surface area contributed by atoms with E-state index < -0.39 is 32.5 Å². The molecule has 0 aliphatic rings. The summed E-state index contributed by atoms with van der Waals surface area (Å²) in [7, 11) is -4.39. The number of phosphoric ester groups is 1. The summed E-state index contributed by atoms with van der Waals surface area (Å²) >= 11 is 0. The predicted octanol–water partition coefficient (Wildman–Crippen LogP) is 13.3. The SMILES string of the molecule is CCC=CCC=CCC=CCC=CCC=CCCCCCC(=O)OC(COC(=O)CCCCCCCCCCCCCCCCCCC)COP(=O)(O)OCCN. The first kappa shape index (κ1) is 54.7. The Bertz CT molecular complexity index is 1120. The second-order valence-corrected chi connectivity index (χ2v) is 16.3. The maximum Gasteiger partial charge on any atom is 0.472 e. The van der Waals surface area contributed by atoms with Crippen LogP contribution in [0, 0.1) is 0 Å². The second-order valence-electron chi connectivity index (χ2n) is 14.9. The largest absolute Gasteiger partial charge is 0.472 e. The number of esters is 2. The van der Waals surface area contributed by atoms with Gasteiger partial charge < -0.3 is 20.1 Å². The normalized spacial score (nSPS) is 13.8. The maximum absolute atomic E-state index is 12.6. The molecule has 9 nitrogen and oxygen atoms in total. The van der Waals surface area contributed by atoms with Crippen molar-refractivity contribution in [3.05, 3.63) is 60.8 Å². The fraction of sp³-hybridized carbons (Fsp3) is 0.745. The third-order valence-corrected chi connectivity index (χ3v) is 10.4.